The Morgan fingerprint density at radius 3 is 2.60 bits per heavy atom. The Bertz CT molecular complexity index is 787. The van der Waals surface area contributed by atoms with E-state index in [1.165, 1.54) is 6.07 Å². The Balaban J connectivity index is 2.31. The Hall–Kier alpha value is -2.00. The number of benzene rings is 2. The number of aromatic nitrogens is 2. The van der Waals surface area contributed by atoms with Crippen LogP contribution in [0.25, 0.3) is 22.3 Å². The van der Waals surface area contributed by atoms with Crippen LogP contribution in [0.3, 0.4) is 0 Å². The highest BCUT2D eigenvalue weighted by molar-refractivity contribution is 6.34. The number of rotatable bonds is 2. The normalized spacial score (nSPS) is 10.9. The van der Waals surface area contributed by atoms with E-state index < -0.39 is 0 Å². The van der Waals surface area contributed by atoms with E-state index in [0.717, 1.165) is 22.9 Å². The van der Waals surface area contributed by atoms with Crippen molar-refractivity contribution in [2.75, 3.05) is 0 Å². The third kappa shape index (κ3) is 2.14. The van der Waals surface area contributed by atoms with Crippen molar-refractivity contribution in [1.82, 2.24) is 9.97 Å². The second-order valence-corrected chi connectivity index (χ2v) is 4.84. The lowest BCUT2D eigenvalue weighted by Gasteiger charge is -2.08. The van der Waals surface area contributed by atoms with Crippen molar-refractivity contribution in [3.8, 4) is 11.4 Å². The molecular formula is C16H12ClFN2. The van der Waals surface area contributed by atoms with Gasteiger partial charge in [0.1, 0.15) is 11.0 Å². The fourth-order valence-electron chi connectivity index (χ4n) is 2.22. The van der Waals surface area contributed by atoms with Crippen molar-refractivity contribution < 1.29 is 4.39 Å². The van der Waals surface area contributed by atoms with Gasteiger partial charge in [0.25, 0.3) is 0 Å². The molecule has 2 nitrogen and oxygen atoms in total. The van der Waals surface area contributed by atoms with E-state index in [1.807, 2.05) is 25.1 Å². The summed E-state index contributed by atoms with van der Waals surface area (Å²) in [6, 6.07) is 12.2. The summed E-state index contributed by atoms with van der Waals surface area (Å²) in [6.07, 6.45) is 0.835. The molecule has 0 N–H and O–H groups in total. The molecule has 0 saturated carbocycles. The number of aryl methyl sites for hydroxylation is 1. The first-order chi connectivity index (χ1) is 9.70. The zero-order valence-corrected chi connectivity index (χ0v) is 11.7. The second kappa shape index (κ2) is 5.17. The van der Waals surface area contributed by atoms with Gasteiger partial charge in [0.05, 0.1) is 11.1 Å². The van der Waals surface area contributed by atoms with E-state index in [0.29, 0.717) is 16.5 Å². The standard InChI is InChI=1S/C16H12ClFN2/c1-2-10-6-5-8-12-14(10)19-16(20-15(12)17)11-7-3-4-9-13(11)18/h3-9H,2H2,1H3. The van der Waals surface area contributed by atoms with Gasteiger partial charge in [-0.15, -0.1) is 0 Å². The van der Waals surface area contributed by atoms with Crippen molar-refractivity contribution in [3.05, 3.63) is 59.0 Å². The molecule has 2 aromatic carbocycles. The predicted octanol–water partition coefficient (Wildman–Crippen LogP) is 4.65. The first kappa shape index (κ1) is 13.0. The van der Waals surface area contributed by atoms with E-state index in [2.05, 4.69) is 9.97 Å². The van der Waals surface area contributed by atoms with Gasteiger partial charge in [-0.2, -0.15) is 0 Å². The van der Waals surface area contributed by atoms with E-state index in [-0.39, 0.29) is 5.82 Å². The van der Waals surface area contributed by atoms with Gasteiger partial charge in [0.15, 0.2) is 5.82 Å². The van der Waals surface area contributed by atoms with Crippen LogP contribution in [0.1, 0.15) is 12.5 Å². The lowest BCUT2D eigenvalue weighted by Crippen LogP contribution is -1.96. The number of hydrogen-bond donors (Lipinski definition) is 0. The smallest absolute Gasteiger partial charge is 0.164 e. The lowest BCUT2D eigenvalue weighted by molar-refractivity contribution is 0.630. The number of hydrogen-bond acceptors (Lipinski definition) is 2. The molecule has 0 aliphatic heterocycles. The van der Waals surface area contributed by atoms with E-state index in [1.54, 1.807) is 18.2 Å². The van der Waals surface area contributed by atoms with Crippen LogP contribution in [-0.2, 0) is 6.42 Å². The second-order valence-electron chi connectivity index (χ2n) is 4.48. The van der Waals surface area contributed by atoms with Gasteiger partial charge < -0.3 is 0 Å². The summed E-state index contributed by atoms with van der Waals surface area (Å²) in [4.78, 5) is 8.72. The average Bonchev–Trinajstić information content (AvgIpc) is 2.47. The molecule has 4 heteroatoms. The fourth-order valence-corrected chi connectivity index (χ4v) is 2.45. The first-order valence-electron chi connectivity index (χ1n) is 6.40. The molecule has 3 rings (SSSR count). The summed E-state index contributed by atoms with van der Waals surface area (Å²) in [7, 11) is 0. The molecule has 0 bridgehead atoms. The molecule has 0 atom stereocenters. The van der Waals surface area contributed by atoms with Crippen LogP contribution in [-0.4, -0.2) is 9.97 Å². The third-order valence-corrected chi connectivity index (χ3v) is 3.55. The van der Waals surface area contributed by atoms with Crippen LogP contribution >= 0.6 is 11.6 Å². The number of para-hydroxylation sites is 1. The van der Waals surface area contributed by atoms with Gasteiger partial charge in [0.2, 0.25) is 0 Å². The molecule has 20 heavy (non-hydrogen) atoms. The highest BCUT2D eigenvalue weighted by Crippen LogP contribution is 2.28. The largest absolute Gasteiger partial charge is 0.227 e. The molecule has 100 valence electrons. The van der Waals surface area contributed by atoms with Crippen molar-refractivity contribution in [1.29, 1.82) is 0 Å². The van der Waals surface area contributed by atoms with E-state index in [4.69, 9.17) is 11.6 Å². The van der Waals surface area contributed by atoms with E-state index >= 15 is 0 Å². The van der Waals surface area contributed by atoms with Gasteiger partial charge in [-0.3, -0.25) is 0 Å². The zero-order chi connectivity index (χ0) is 14.1. The summed E-state index contributed by atoms with van der Waals surface area (Å²) in [5.74, 6) is -0.0293. The van der Waals surface area contributed by atoms with Crippen molar-refractivity contribution >= 4 is 22.5 Å². The van der Waals surface area contributed by atoms with Crippen LogP contribution in [0.15, 0.2) is 42.5 Å². The number of nitrogens with zero attached hydrogens (tertiary/aromatic N) is 2. The minimum Gasteiger partial charge on any atom is -0.227 e. The average molecular weight is 287 g/mol. The van der Waals surface area contributed by atoms with Crippen LogP contribution in [0.2, 0.25) is 5.15 Å². The maximum atomic E-state index is 13.9. The Morgan fingerprint density at radius 2 is 1.85 bits per heavy atom. The Labute approximate surface area is 121 Å². The number of fused-ring (bicyclic) bond motifs is 1. The SMILES string of the molecule is CCc1cccc2c(Cl)nc(-c3ccccc3F)nc12. The summed E-state index contributed by atoms with van der Waals surface area (Å²) in [5, 5.41) is 1.15. The summed E-state index contributed by atoms with van der Waals surface area (Å²) >= 11 is 6.22. The van der Waals surface area contributed by atoms with Crippen LogP contribution in [0.5, 0.6) is 0 Å². The maximum absolute atomic E-state index is 13.9. The molecule has 0 spiro atoms. The van der Waals surface area contributed by atoms with Crippen LogP contribution in [0, 0.1) is 5.82 Å². The molecule has 3 aromatic rings. The molecule has 1 aromatic heterocycles. The van der Waals surface area contributed by atoms with E-state index in [9.17, 15) is 4.39 Å². The first-order valence-corrected chi connectivity index (χ1v) is 6.78. The Kier molecular flexibility index (Phi) is 3.36. The fraction of sp³-hybridized carbons (Fsp3) is 0.125. The quantitative estimate of drug-likeness (QED) is 0.641. The van der Waals surface area contributed by atoms with Gasteiger partial charge in [-0.25, -0.2) is 14.4 Å². The van der Waals surface area contributed by atoms with Crippen LogP contribution in [0.4, 0.5) is 4.39 Å². The highest BCUT2D eigenvalue weighted by atomic mass is 35.5. The monoisotopic (exact) mass is 286 g/mol. The molecule has 0 aliphatic carbocycles. The molecule has 0 fully saturated rings. The third-order valence-electron chi connectivity index (χ3n) is 3.26. The summed E-state index contributed by atoms with van der Waals surface area (Å²) in [6.45, 7) is 2.05. The molecule has 0 amide bonds. The molecule has 0 unspecified atom stereocenters. The van der Waals surface area contributed by atoms with Gasteiger partial charge in [-0.1, -0.05) is 42.8 Å². The van der Waals surface area contributed by atoms with Gasteiger partial charge in [-0.05, 0) is 30.2 Å². The summed E-state index contributed by atoms with van der Waals surface area (Å²) < 4.78 is 13.9. The topological polar surface area (TPSA) is 25.8 Å². The van der Waals surface area contributed by atoms with Gasteiger partial charge in [0, 0.05) is 5.39 Å². The summed E-state index contributed by atoms with van der Waals surface area (Å²) in [5.41, 5.74) is 2.22. The lowest BCUT2D eigenvalue weighted by atomic mass is 10.1. The zero-order valence-electron chi connectivity index (χ0n) is 10.9. The predicted molar refractivity (Wildman–Crippen MR) is 79.3 cm³/mol. The van der Waals surface area contributed by atoms with Crippen LogP contribution < -0.4 is 0 Å². The maximum Gasteiger partial charge on any atom is 0.164 e. The van der Waals surface area contributed by atoms with Crippen molar-refractivity contribution in [3.63, 3.8) is 0 Å². The van der Waals surface area contributed by atoms with Crippen molar-refractivity contribution in [2.45, 2.75) is 13.3 Å². The minimum atomic E-state index is -0.350. The minimum absolute atomic E-state index is 0.321. The highest BCUT2D eigenvalue weighted by Gasteiger charge is 2.12. The van der Waals surface area contributed by atoms with Gasteiger partial charge >= 0.3 is 0 Å². The van der Waals surface area contributed by atoms with Crippen molar-refractivity contribution in [2.24, 2.45) is 0 Å². The Morgan fingerprint density at radius 1 is 1.05 bits per heavy atom. The number of halogens is 2. The molecule has 0 radical (unpaired) electrons. The molecule has 1 heterocycles. The molecule has 0 saturated heterocycles. The molecule has 0 aliphatic rings. The molecular weight excluding hydrogens is 275 g/mol.